The maximum absolute atomic E-state index is 13.3. The number of alkyl halides is 1. The highest BCUT2D eigenvalue weighted by atomic mass is 32.2. The molecule has 0 aliphatic rings. The molecule has 0 bridgehead atoms. The smallest absolute Gasteiger partial charge is 0.262 e. The number of sulfonamides is 1. The van der Waals surface area contributed by atoms with Crippen LogP contribution in [-0.2, 0) is 14.8 Å². The van der Waals surface area contributed by atoms with E-state index in [0.717, 1.165) is 16.5 Å². The van der Waals surface area contributed by atoms with Gasteiger partial charge in [0.15, 0.2) is 0 Å². The lowest BCUT2D eigenvalue weighted by molar-refractivity contribution is -0.124. The Morgan fingerprint density at radius 3 is 2.15 bits per heavy atom. The Morgan fingerprint density at radius 1 is 0.882 bits per heavy atom. The van der Waals surface area contributed by atoms with Gasteiger partial charge >= 0.3 is 0 Å². The largest absolute Gasteiger partial charge is 0.326 e. The van der Waals surface area contributed by atoms with Gasteiger partial charge in [-0.25, -0.2) is 12.8 Å². The number of hydrogen-bond donors (Lipinski definition) is 2. The third-order valence-corrected chi connectivity index (χ3v) is 6.95. The molecule has 0 fully saturated rings. The molecule has 0 unspecified atom stereocenters. The molecular formula is C26H24FN3O3S. The molecular weight excluding hydrogens is 453 g/mol. The molecule has 2 N–H and O–H groups in total. The Hall–Kier alpha value is -3.78. The van der Waals surface area contributed by atoms with Crippen LogP contribution in [0.1, 0.15) is 13.8 Å². The number of nitrogens with one attached hydrogen (secondary N) is 2. The normalized spacial score (nSPS) is 11.9. The highest BCUT2D eigenvalue weighted by Gasteiger charge is 2.27. The minimum absolute atomic E-state index is 0.156. The summed E-state index contributed by atoms with van der Waals surface area (Å²) in [4.78, 5) is 16.4. The van der Waals surface area contributed by atoms with Crippen LogP contribution in [0, 0.1) is 5.41 Å². The molecule has 34 heavy (non-hydrogen) atoms. The standard InChI is InChI=1S/C26H24FN3O3S/c1-26(2,17-27)25(31)29-19-7-9-20(10-8-19)30-34(32,33)24-12-11-21(18-13-15-28-16-14-18)22-5-3-4-6-23(22)24/h3-16,30H,17H2,1-2H3,(H,29,31). The van der Waals surface area contributed by atoms with Gasteiger partial charge in [-0.3, -0.25) is 14.5 Å². The average molecular weight is 478 g/mol. The number of amides is 1. The molecule has 8 heteroatoms. The quantitative estimate of drug-likeness (QED) is 0.361. The topological polar surface area (TPSA) is 88.2 Å². The Balaban J connectivity index is 1.62. The summed E-state index contributed by atoms with van der Waals surface area (Å²) in [5.74, 6) is -0.455. The lowest BCUT2D eigenvalue weighted by atomic mass is 9.94. The lowest BCUT2D eigenvalue weighted by Crippen LogP contribution is -2.32. The lowest BCUT2D eigenvalue weighted by Gasteiger charge is -2.19. The molecule has 4 rings (SSSR count). The van der Waals surface area contributed by atoms with Gasteiger partial charge in [-0.15, -0.1) is 0 Å². The molecule has 1 heterocycles. The van der Waals surface area contributed by atoms with Crippen molar-refractivity contribution in [1.82, 2.24) is 4.98 Å². The zero-order valence-corrected chi connectivity index (χ0v) is 19.6. The van der Waals surface area contributed by atoms with Gasteiger partial charge in [0.25, 0.3) is 10.0 Å². The van der Waals surface area contributed by atoms with E-state index in [-0.39, 0.29) is 4.90 Å². The van der Waals surface area contributed by atoms with Gasteiger partial charge in [0, 0.05) is 29.2 Å². The minimum atomic E-state index is -3.90. The zero-order chi connectivity index (χ0) is 24.3. The molecule has 0 radical (unpaired) electrons. The van der Waals surface area contributed by atoms with Crippen molar-refractivity contribution in [3.8, 4) is 11.1 Å². The van der Waals surface area contributed by atoms with Crippen LogP contribution in [0.4, 0.5) is 15.8 Å². The minimum Gasteiger partial charge on any atom is -0.326 e. The number of carbonyl (C=O) groups excluding carboxylic acids is 1. The Bertz CT molecular complexity index is 1440. The monoisotopic (exact) mass is 477 g/mol. The molecule has 0 spiro atoms. The third kappa shape index (κ3) is 4.77. The highest BCUT2D eigenvalue weighted by Crippen LogP contribution is 2.33. The van der Waals surface area contributed by atoms with Crippen LogP contribution in [0.2, 0.25) is 0 Å². The number of fused-ring (bicyclic) bond motifs is 1. The maximum atomic E-state index is 13.3. The van der Waals surface area contributed by atoms with E-state index in [9.17, 15) is 17.6 Å². The van der Waals surface area contributed by atoms with Gasteiger partial charge in [0.2, 0.25) is 5.91 Å². The van der Waals surface area contributed by atoms with Crippen LogP contribution in [0.3, 0.4) is 0 Å². The summed E-state index contributed by atoms with van der Waals surface area (Å²) in [6, 6.07) is 20.7. The molecule has 3 aromatic carbocycles. The Kier molecular flexibility index (Phi) is 6.34. The summed E-state index contributed by atoms with van der Waals surface area (Å²) in [5.41, 5.74) is 1.49. The average Bonchev–Trinajstić information content (AvgIpc) is 2.84. The zero-order valence-electron chi connectivity index (χ0n) is 18.7. The summed E-state index contributed by atoms with van der Waals surface area (Å²) >= 11 is 0. The van der Waals surface area contributed by atoms with Crippen LogP contribution in [0.5, 0.6) is 0 Å². The molecule has 174 valence electrons. The first kappa shape index (κ1) is 23.4. The van der Waals surface area contributed by atoms with Crippen molar-refractivity contribution in [2.45, 2.75) is 18.7 Å². The number of pyridine rings is 1. The first-order valence-corrected chi connectivity index (χ1v) is 12.1. The Morgan fingerprint density at radius 2 is 1.50 bits per heavy atom. The molecule has 6 nitrogen and oxygen atoms in total. The van der Waals surface area contributed by atoms with E-state index in [1.165, 1.54) is 13.8 Å². The summed E-state index contributed by atoms with van der Waals surface area (Å²) in [6.45, 7) is 2.23. The van der Waals surface area contributed by atoms with E-state index in [0.29, 0.717) is 16.8 Å². The van der Waals surface area contributed by atoms with Crippen molar-refractivity contribution in [2.75, 3.05) is 16.7 Å². The van der Waals surface area contributed by atoms with Gasteiger partial charge in [-0.2, -0.15) is 0 Å². The van der Waals surface area contributed by atoms with Crippen LogP contribution >= 0.6 is 0 Å². The third-order valence-electron chi connectivity index (χ3n) is 5.51. The van der Waals surface area contributed by atoms with Crippen molar-refractivity contribution in [3.05, 3.63) is 85.2 Å². The van der Waals surface area contributed by atoms with Crippen LogP contribution in [0.25, 0.3) is 21.9 Å². The van der Waals surface area contributed by atoms with Gasteiger partial charge in [0.05, 0.1) is 10.3 Å². The summed E-state index contributed by atoms with van der Waals surface area (Å²) < 4.78 is 42.2. The van der Waals surface area contributed by atoms with E-state index >= 15 is 0 Å². The predicted molar refractivity (Wildman–Crippen MR) is 133 cm³/mol. The van der Waals surface area contributed by atoms with Gasteiger partial charge < -0.3 is 5.32 Å². The summed E-state index contributed by atoms with van der Waals surface area (Å²) in [6.07, 6.45) is 3.39. The van der Waals surface area contributed by atoms with Crippen molar-refractivity contribution >= 4 is 38.1 Å². The van der Waals surface area contributed by atoms with Crippen molar-refractivity contribution in [3.63, 3.8) is 0 Å². The second kappa shape index (κ2) is 9.23. The van der Waals surface area contributed by atoms with E-state index in [1.807, 2.05) is 24.3 Å². The molecule has 0 aliphatic heterocycles. The van der Waals surface area contributed by atoms with E-state index in [1.54, 1.807) is 60.9 Å². The van der Waals surface area contributed by atoms with E-state index in [4.69, 9.17) is 0 Å². The van der Waals surface area contributed by atoms with Crippen LogP contribution in [0.15, 0.2) is 90.1 Å². The van der Waals surface area contributed by atoms with Crippen molar-refractivity contribution < 1.29 is 17.6 Å². The van der Waals surface area contributed by atoms with E-state index < -0.39 is 28.0 Å². The molecule has 0 aliphatic carbocycles. The molecule has 4 aromatic rings. The fourth-order valence-electron chi connectivity index (χ4n) is 3.48. The Labute approximate surface area is 197 Å². The van der Waals surface area contributed by atoms with Crippen LogP contribution < -0.4 is 10.0 Å². The molecule has 1 amide bonds. The number of benzene rings is 3. The van der Waals surface area contributed by atoms with Gasteiger partial charge in [-0.1, -0.05) is 30.3 Å². The molecule has 0 saturated carbocycles. The summed E-state index contributed by atoms with van der Waals surface area (Å²) in [5, 5.41) is 4.05. The predicted octanol–water partition coefficient (Wildman–Crippen LogP) is 5.64. The maximum Gasteiger partial charge on any atom is 0.262 e. The number of hydrogen-bond acceptors (Lipinski definition) is 4. The van der Waals surface area contributed by atoms with E-state index in [2.05, 4.69) is 15.0 Å². The molecule has 0 atom stereocenters. The fraction of sp³-hybridized carbons (Fsp3) is 0.154. The molecule has 0 saturated heterocycles. The fourth-order valence-corrected chi connectivity index (χ4v) is 4.75. The van der Waals surface area contributed by atoms with Crippen molar-refractivity contribution in [1.29, 1.82) is 0 Å². The SMILES string of the molecule is CC(C)(CF)C(=O)Nc1ccc(NS(=O)(=O)c2ccc(-c3ccncc3)c3ccccc23)cc1. The number of halogens is 1. The number of aromatic nitrogens is 1. The second-order valence-corrected chi connectivity index (χ2v) is 10.2. The highest BCUT2D eigenvalue weighted by molar-refractivity contribution is 7.93. The number of carbonyl (C=O) groups is 1. The van der Waals surface area contributed by atoms with Crippen LogP contribution in [-0.4, -0.2) is 26.0 Å². The molecule has 1 aromatic heterocycles. The van der Waals surface area contributed by atoms with Crippen molar-refractivity contribution in [2.24, 2.45) is 5.41 Å². The first-order chi connectivity index (χ1) is 16.2. The van der Waals surface area contributed by atoms with Gasteiger partial charge in [0.1, 0.15) is 6.67 Å². The number of anilines is 2. The summed E-state index contributed by atoms with van der Waals surface area (Å²) in [7, 11) is -3.90. The first-order valence-electron chi connectivity index (χ1n) is 10.6. The number of nitrogens with zero attached hydrogens (tertiary/aromatic N) is 1. The number of rotatable bonds is 7. The second-order valence-electron chi connectivity index (χ2n) is 8.55. The van der Waals surface area contributed by atoms with Gasteiger partial charge in [-0.05, 0) is 72.8 Å².